The molecule has 1 aliphatic carbocycles. The van der Waals surface area contributed by atoms with Gasteiger partial charge in [-0.05, 0) is 25.0 Å². The summed E-state index contributed by atoms with van der Waals surface area (Å²) in [7, 11) is 5.37. The van der Waals surface area contributed by atoms with Crippen LogP contribution in [-0.2, 0) is 9.53 Å². The summed E-state index contributed by atoms with van der Waals surface area (Å²) < 4.78 is 4.85. The summed E-state index contributed by atoms with van der Waals surface area (Å²) in [6, 6.07) is 0. The number of hydrogen-bond donors (Lipinski definition) is 1. The van der Waals surface area contributed by atoms with E-state index in [-0.39, 0.29) is 11.4 Å². The number of carbonyl (C=O) groups is 1. The predicted molar refractivity (Wildman–Crippen MR) is 73.1 cm³/mol. The SMILES string of the molecule is CNCCN(C)C1=C(C(=O)OC)C=CC(C)(C)C1. The average molecular weight is 252 g/mol. The second-order valence-corrected chi connectivity index (χ2v) is 5.38. The van der Waals surface area contributed by atoms with Crippen LogP contribution in [0.1, 0.15) is 20.3 Å². The van der Waals surface area contributed by atoms with Gasteiger partial charge in [-0.3, -0.25) is 0 Å². The van der Waals surface area contributed by atoms with Crippen LogP contribution in [0, 0.1) is 5.41 Å². The zero-order chi connectivity index (χ0) is 13.8. The molecule has 0 aromatic carbocycles. The molecule has 0 unspecified atom stereocenters. The van der Waals surface area contributed by atoms with Gasteiger partial charge in [0.1, 0.15) is 0 Å². The van der Waals surface area contributed by atoms with E-state index in [9.17, 15) is 4.79 Å². The highest BCUT2D eigenvalue weighted by Crippen LogP contribution is 2.34. The number of esters is 1. The fourth-order valence-corrected chi connectivity index (χ4v) is 2.04. The van der Waals surface area contributed by atoms with Crippen LogP contribution in [0.5, 0.6) is 0 Å². The number of allylic oxidation sites excluding steroid dienone is 2. The number of nitrogens with one attached hydrogen (secondary N) is 1. The van der Waals surface area contributed by atoms with E-state index in [4.69, 9.17) is 4.74 Å². The normalized spacial score (nSPS) is 17.8. The van der Waals surface area contributed by atoms with Crippen LogP contribution in [0.2, 0.25) is 0 Å². The molecule has 0 atom stereocenters. The lowest BCUT2D eigenvalue weighted by Crippen LogP contribution is -2.32. The smallest absolute Gasteiger partial charge is 0.339 e. The third-order valence-electron chi connectivity index (χ3n) is 3.20. The summed E-state index contributed by atoms with van der Waals surface area (Å²) in [6.07, 6.45) is 4.82. The Morgan fingerprint density at radius 2 is 2.22 bits per heavy atom. The maximum Gasteiger partial charge on any atom is 0.339 e. The summed E-state index contributed by atoms with van der Waals surface area (Å²) in [6.45, 7) is 6.10. The maximum atomic E-state index is 11.8. The minimum atomic E-state index is -0.256. The molecule has 0 aromatic heterocycles. The van der Waals surface area contributed by atoms with Crippen molar-refractivity contribution in [2.24, 2.45) is 5.41 Å². The molecule has 102 valence electrons. The minimum absolute atomic E-state index is 0.0841. The van der Waals surface area contributed by atoms with Gasteiger partial charge in [0.15, 0.2) is 0 Å². The number of hydrogen-bond acceptors (Lipinski definition) is 4. The highest BCUT2D eigenvalue weighted by Gasteiger charge is 2.27. The van der Waals surface area contributed by atoms with Crippen molar-refractivity contribution in [3.8, 4) is 0 Å². The first-order chi connectivity index (χ1) is 8.41. The van der Waals surface area contributed by atoms with Crippen molar-refractivity contribution in [2.75, 3.05) is 34.3 Å². The topological polar surface area (TPSA) is 41.6 Å². The Bertz CT molecular complexity index is 370. The second kappa shape index (κ2) is 6.05. The average Bonchev–Trinajstić information content (AvgIpc) is 2.34. The summed E-state index contributed by atoms with van der Waals surface area (Å²) >= 11 is 0. The molecule has 0 bridgehead atoms. The lowest BCUT2D eigenvalue weighted by atomic mass is 9.81. The van der Waals surface area contributed by atoms with E-state index in [1.54, 1.807) is 0 Å². The first-order valence-electron chi connectivity index (χ1n) is 6.27. The van der Waals surface area contributed by atoms with Gasteiger partial charge in [0.2, 0.25) is 0 Å². The molecular weight excluding hydrogens is 228 g/mol. The van der Waals surface area contributed by atoms with Crippen LogP contribution in [0.4, 0.5) is 0 Å². The molecular formula is C14H24N2O2. The van der Waals surface area contributed by atoms with Crippen LogP contribution in [-0.4, -0.2) is 45.2 Å². The third kappa shape index (κ3) is 3.60. The van der Waals surface area contributed by atoms with Crippen molar-refractivity contribution >= 4 is 5.97 Å². The fourth-order valence-electron chi connectivity index (χ4n) is 2.04. The predicted octanol–water partition coefficient (Wildman–Crippen LogP) is 1.55. The van der Waals surface area contributed by atoms with Crippen molar-refractivity contribution in [1.82, 2.24) is 10.2 Å². The molecule has 1 rings (SSSR count). The minimum Gasteiger partial charge on any atom is -0.465 e. The van der Waals surface area contributed by atoms with E-state index in [1.807, 2.05) is 20.2 Å². The van der Waals surface area contributed by atoms with Crippen molar-refractivity contribution in [3.63, 3.8) is 0 Å². The van der Waals surface area contributed by atoms with Crippen molar-refractivity contribution in [3.05, 3.63) is 23.4 Å². The molecule has 0 aromatic rings. The lowest BCUT2D eigenvalue weighted by molar-refractivity contribution is -0.135. The fraction of sp³-hybridized carbons (Fsp3) is 0.643. The van der Waals surface area contributed by atoms with Gasteiger partial charge in [0.05, 0.1) is 12.7 Å². The van der Waals surface area contributed by atoms with Crippen molar-refractivity contribution < 1.29 is 9.53 Å². The van der Waals surface area contributed by atoms with Crippen molar-refractivity contribution in [1.29, 1.82) is 0 Å². The Balaban J connectivity index is 2.98. The number of ether oxygens (including phenoxy) is 1. The number of rotatable bonds is 5. The molecule has 0 saturated carbocycles. The van der Waals surface area contributed by atoms with E-state index in [0.29, 0.717) is 5.57 Å². The van der Waals surface area contributed by atoms with Crippen LogP contribution in [0.3, 0.4) is 0 Å². The quantitative estimate of drug-likeness (QED) is 0.754. The molecule has 1 N–H and O–H groups in total. The van der Waals surface area contributed by atoms with Crippen molar-refractivity contribution in [2.45, 2.75) is 20.3 Å². The number of nitrogens with zero attached hydrogens (tertiary/aromatic N) is 1. The summed E-state index contributed by atoms with van der Waals surface area (Å²) in [4.78, 5) is 13.9. The Morgan fingerprint density at radius 1 is 1.56 bits per heavy atom. The van der Waals surface area contributed by atoms with E-state index < -0.39 is 0 Å². The molecule has 18 heavy (non-hydrogen) atoms. The largest absolute Gasteiger partial charge is 0.465 e. The molecule has 1 aliphatic rings. The van der Waals surface area contributed by atoms with Gasteiger partial charge in [0.25, 0.3) is 0 Å². The summed E-state index contributed by atoms with van der Waals surface area (Å²) in [5.74, 6) is -0.256. The van der Waals surface area contributed by atoms with Gasteiger partial charge < -0.3 is 15.0 Å². The van der Waals surface area contributed by atoms with Crippen LogP contribution in [0.15, 0.2) is 23.4 Å². The molecule has 0 aliphatic heterocycles. The summed E-state index contributed by atoms with van der Waals surface area (Å²) in [5.41, 5.74) is 1.82. The Labute approximate surface area is 110 Å². The third-order valence-corrected chi connectivity index (χ3v) is 3.20. The Morgan fingerprint density at radius 3 is 2.78 bits per heavy atom. The van der Waals surface area contributed by atoms with E-state index in [0.717, 1.165) is 25.2 Å². The highest BCUT2D eigenvalue weighted by molar-refractivity contribution is 5.92. The standard InChI is InChI=1S/C14H24N2O2/c1-14(2)7-6-11(13(17)18-5)12(10-14)16(4)9-8-15-3/h6-7,15H,8-10H2,1-5H3. The molecule has 0 spiro atoms. The zero-order valence-electron chi connectivity index (χ0n) is 12.0. The zero-order valence-corrected chi connectivity index (χ0v) is 12.0. The molecule has 0 radical (unpaired) electrons. The number of carbonyl (C=O) groups excluding carboxylic acids is 1. The highest BCUT2D eigenvalue weighted by atomic mass is 16.5. The van der Waals surface area contributed by atoms with Crippen LogP contribution < -0.4 is 5.32 Å². The molecule has 0 saturated heterocycles. The van der Waals surface area contributed by atoms with E-state index in [1.165, 1.54) is 7.11 Å². The monoisotopic (exact) mass is 252 g/mol. The molecule has 4 nitrogen and oxygen atoms in total. The first-order valence-corrected chi connectivity index (χ1v) is 6.27. The van der Waals surface area contributed by atoms with E-state index >= 15 is 0 Å². The molecule has 0 fully saturated rings. The van der Waals surface area contributed by atoms with Gasteiger partial charge in [0, 0.05) is 25.8 Å². The van der Waals surface area contributed by atoms with Gasteiger partial charge in [-0.1, -0.05) is 19.9 Å². The van der Waals surface area contributed by atoms with Gasteiger partial charge in [-0.25, -0.2) is 4.79 Å². The van der Waals surface area contributed by atoms with Crippen LogP contribution in [0.25, 0.3) is 0 Å². The van der Waals surface area contributed by atoms with Gasteiger partial charge in [-0.2, -0.15) is 0 Å². The second-order valence-electron chi connectivity index (χ2n) is 5.38. The Kier molecular flexibility index (Phi) is 4.96. The van der Waals surface area contributed by atoms with E-state index in [2.05, 4.69) is 30.1 Å². The summed E-state index contributed by atoms with van der Waals surface area (Å²) in [5, 5.41) is 3.12. The first kappa shape index (κ1) is 14.8. The molecule has 0 heterocycles. The molecule has 4 heteroatoms. The lowest BCUT2D eigenvalue weighted by Gasteiger charge is -2.33. The maximum absolute atomic E-state index is 11.8. The van der Waals surface area contributed by atoms with Gasteiger partial charge >= 0.3 is 5.97 Å². The Hall–Kier alpha value is -1.29. The number of methoxy groups -OCH3 is 1. The van der Waals surface area contributed by atoms with Gasteiger partial charge in [-0.15, -0.1) is 0 Å². The van der Waals surface area contributed by atoms with Crippen LogP contribution >= 0.6 is 0 Å². The molecule has 0 amide bonds. The number of likely N-dealkylation sites (N-methyl/N-ethyl adjacent to an activating group) is 2.